The number of thiazole rings is 1. The molecular weight excluding hydrogens is 236 g/mol. The van der Waals surface area contributed by atoms with Crippen LogP contribution in [-0.2, 0) is 0 Å². The van der Waals surface area contributed by atoms with Gasteiger partial charge in [0, 0.05) is 30.7 Å². The van der Waals surface area contributed by atoms with Crippen LogP contribution >= 0.6 is 11.3 Å². The summed E-state index contributed by atoms with van der Waals surface area (Å²) >= 11 is 1.34. The van der Waals surface area contributed by atoms with E-state index >= 15 is 0 Å². The van der Waals surface area contributed by atoms with Crippen molar-refractivity contribution in [2.24, 2.45) is 0 Å². The number of carboxylic acid groups (broad SMARTS) is 1. The van der Waals surface area contributed by atoms with Crippen LogP contribution in [0.5, 0.6) is 0 Å². The van der Waals surface area contributed by atoms with Gasteiger partial charge in [-0.2, -0.15) is 0 Å². The number of anilines is 1. The van der Waals surface area contributed by atoms with E-state index in [9.17, 15) is 4.79 Å². The summed E-state index contributed by atoms with van der Waals surface area (Å²) in [5.41, 5.74) is 2.14. The molecule has 4 nitrogen and oxygen atoms in total. The zero-order valence-electron chi connectivity index (χ0n) is 9.54. The number of aromatic carboxylic acids is 1. The van der Waals surface area contributed by atoms with Gasteiger partial charge in [0.2, 0.25) is 0 Å². The summed E-state index contributed by atoms with van der Waals surface area (Å²) in [6.07, 6.45) is 0. The molecule has 2 rings (SSSR count). The van der Waals surface area contributed by atoms with E-state index in [1.165, 1.54) is 11.3 Å². The fourth-order valence-corrected chi connectivity index (χ4v) is 2.21. The van der Waals surface area contributed by atoms with Crippen molar-refractivity contribution >= 4 is 23.0 Å². The lowest BCUT2D eigenvalue weighted by molar-refractivity contribution is 0.0691. The lowest BCUT2D eigenvalue weighted by Gasteiger charge is -2.11. The average molecular weight is 248 g/mol. The summed E-state index contributed by atoms with van der Waals surface area (Å²) in [5, 5.41) is 11.1. The van der Waals surface area contributed by atoms with Gasteiger partial charge < -0.3 is 10.0 Å². The van der Waals surface area contributed by atoms with Gasteiger partial charge in [-0.1, -0.05) is 0 Å². The third-order valence-corrected chi connectivity index (χ3v) is 3.25. The Morgan fingerprint density at radius 1 is 1.29 bits per heavy atom. The first-order valence-electron chi connectivity index (χ1n) is 5.04. The van der Waals surface area contributed by atoms with Crippen LogP contribution < -0.4 is 4.90 Å². The Balaban J connectivity index is 2.30. The van der Waals surface area contributed by atoms with Crippen LogP contribution in [0.25, 0.3) is 10.6 Å². The van der Waals surface area contributed by atoms with Crippen LogP contribution in [0.3, 0.4) is 0 Å². The van der Waals surface area contributed by atoms with Gasteiger partial charge in [-0.05, 0) is 24.3 Å². The van der Waals surface area contributed by atoms with Crippen molar-refractivity contribution in [3.05, 3.63) is 35.3 Å². The molecule has 5 heteroatoms. The predicted molar refractivity (Wildman–Crippen MR) is 68.8 cm³/mol. The molecule has 2 aromatic rings. The van der Waals surface area contributed by atoms with Gasteiger partial charge in [0.05, 0.1) is 0 Å². The summed E-state index contributed by atoms with van der Waals surface area (Å²) in [6.45, 7) is 0. The van der Waals surface area contributed by atoms with Gasteiger partial charge in [-0.25, -0.2) is 9.78 Å². The molecule has 17 heavy (non-hydrogen) atoms. The lowest BCUT2D eigenvalue weighted by atomic mass is 10.2. The first kappa shape index (κ1) is 11.6. The molecule has 0 aliphatic heterocycles. The SMILES string of the molecule is CN(C)c1ccc(-c2nc(C(=O)O)cs2)cc1. The van der Waals surface area contributed by atoms with Gasteiger partial charge >= 0.3 is 5.97 Å². The summed E-state index contributed by atoms with van der Waals surface area (Å²) in [4.78, 5) is 16.8. The predicted octanol–water partition coefficient (Wildman–Crippen LogP) is 2.57. The molecular formula is C12H12N2O2S. The third kappa shape index (κ3) is 2.45. The minimum absolute atomic E-state index is 0.0988. The van der Waals surface area contributed by atoms with Crippen LogP contribution in [-0.4, -0.2) is 30.2 Å². The van der Waals surface area contributed by atoms with Crippen LogP contribution in [0.2, 0.25) is 0 Å². The van der Waals surface area contributed by atoms with Crippen molar-refractivity contribution in [2.75, 3.05) is 19.0 Å². The number of hydrogen-bond acceptors (Lipinski definition) is 4. The molecule has 0 atom stereocenters. The molecule has 0 bridgehead atoms. The van der Waals surface area contributed by atoms with Gasteiger partial charge in [-0.15, -0.1) is 11.3 Å². The Bertz CT molecular complexity index is 532. The molecule has 0 radical (unpaired) electrons. The molecule has 0 spiro atoms. The average Bonchev–Trinajstić information content (AvgIpc) is 2.78. The van der Waals surface area contributed by atoms with Crippen molar-refractivity contribution in [1.29, 1.82) is 0 Å². The maximum Gasteiger partial charge on any atom is 0.355 e. The van der Waals surface area contributed by atoms with E-state index in [1.807, 2.05) is 43.3 Å². The summed E-state index contributed by atoms with van der Waals surface area (Å²) in [6, 6.07) is 7.86. The van der Waals surface area contributed by atoms with Crippen molar-refractivity contribution in [3.8, 4) is 10.6 Å². The number of rotatable bonds is 3. The number of carbonyl (C=O) groups is 1. The number of aromatic nitrogens is 1. The smallest absolute Gasteiger partial charge is 0.355 e. The normalized spacial score (nSPS) is 10.2. The van der Waals surface area contributed by atoms with Crippen LogP contribution in [0, 0.1) is 0 Å². The van der Waals surface area contributed by atoms with E-state index in [0.717, 1.165) is 16.3 Å². The van der Waals surface area contributed by atoms with Crippen LogP contribution in [0.1, 0.15) is 10.5 Å². The first-order valence-corrected chi connectivity index (χ1v) is 5.92. The molecule has 1 N–H and O–H groups in total. The number of hydrogen-bond donors (Lipinski definition) is 1. The van der Waals surface area contributed by atoms with Crippen LogP contribution in [0.4, 0.5) is 5.69 Å². The minimum Gasteiger partial charge on any atom is -0.476 e. The third-order valence-electron chi connectivity index (χ3n) is 2.35. The van der Waals surface area contributed by atoms with E-state index in [-0.39, 0.29) is 5.69 Å². The molecule has 0 unspecified atom stereocenters. The zero-order valence-corrected chi connectivity index (χ0v) is 10.4. The molecule has 0 amide bonds. The second kappa shape index (κ2) is 4.55. The number of carboxylic acids is 1. The molecule has 0 saturated carbocycles. The summed E-state index contributed by atoms with van der Waals surface area (Å²) in [7, 11) is 3.95. The standard InChI is InChI=1S/C12H12N2O2S/c1-14(2)9-5-3-8(4-6-9)11-13-10(7-17-11)12(15)16/h3-7H,1-2H3,(H,15,16). The zero-order chi connectivity index (χ0) is 12.4. The van der Waals surface area contributed by atoms with E-state index in [2.05, 4.69) is 4.98 Å². The minimum atomic E-state index is -0.989. The van der Waals surface area contributed by atoms with E-state index < -0.39 is 5.97 Å². The van der Waals surface area contributed by atoms with Gasteiger partial charge in [0.25, 0.3) is 0 Å². The number of nitrogens with zero attached hydrogens (tertiary/aromatic N) is 2. The van der Waals surface area contributed by atoms with Crippen molar-refractivity contribution < 1.29 is 9.90 Å². The Hall–Kier alpha value is -1.88. The highest BCUT2D eigenvalue weighted by Crippen LogP contribution is 2.25. The monoisotopic (exact) mass is 248 g/mol. The molecule has 0 saturated heterocycles. The summed E-state index contributed by atoms with van der Waals surface area (Å²) in [5.74, 6) is -0.989. The second-order valence-electron chi connectivity index (χ2n) is 3.78. The highest BCUT2D eigenvalue weighted by molar-refractivity contribution is 7.13. The van der Waals surface area contributed by atoms with Gasteiger partial charge in [0.15, 0.2) is 5.69 Å². The quantitative estimate of drug-likeness (QED) is 0.907. The van der Waals surface area contributed by atoms with Gasteiger partial charge in [0.1, 0.15) is 5.01 Å². The maximum absolute atomic E-state index is 10.7. The van der Waals surface area contributed by atoms with Crippen molar-refractivity contribution in [3.63, 3.8) is 0 Å². The molecule has 0 aliphatic rings. The lowest BCUT2D eigenvalue weighted by Crippen LogP contribution is -2.07. The molecule has 1 heterocycles. The molecule has 88 valence electrons. The maximum atomic E-state index is 10.7. The van der Waals surface area contributed by atoms with Gasteiger partial charge in [-0.3, -0.25) is 0 Å². The van der Waals surface area contributed by atoms with Crippen molar-refractivity contribution in [1.82, 2.24) is 4.98 Å². The fraction of sp³-hybridized carbons (Fsp3) is 0.167. The fourth-order valence-electron chi connectivity index (χ4n) is 1.41. The topological polar surface area (TPSA) is 53.4 Å². The molecule has 1 aromatic carbocycles. The Labute approximate surface area is 103 Å². The second-order valence-corrected chi connectivity index (χ2v) is 4.64. The highest BCUT2D eigenvalue weighted by atomic mass is 32.1. The van der Waals surface area contributed by atoms with E-state index in [4.69, 9.17) is 5.11 Å². The Kier molecular flexibility index (Phi) is 3.10. The Morgan fingerprint density at radius 3 is 2.41 bits per heavy atom. The van der Waals surface area contributed by atoms with Crippen molar-refractivity contribution in [2.45, 2.75) is 0 Å². The highest BCUT2D eigenvalue weighted by Gasteiger charge is 2.09. The number of benzene rings is 1. The van der Waals surface area contributed by atoms with E-state index in [1.54, 1.807) is 5.38 Å². The van der Waals surface area contributed by atoms with Crippen LogP contribution in [0.15, 0.2) is 29.6 Å². The largest absolute Gasteiger partial charge is 0.476 e. The molecule has 0 aliphatic carbocycles. The van der Waals surface area contributed by atoms with E-state index in [0.29, 0.717) is 0 Å². The molecule has 0 fully saturated rings. The Morgan fingerprint density at radius 2 is 1.94 bits per heavy atom. The molecule has 1 aromatic heterocycles. The first-order chi connectivity index (χ1) is 8.08. The summed E-state index contributed by atoms with van der Waals surface area (Å²) < 4.78 is 0.